The summed E-state index contributed by atoms with van der Waals surface area (Å²) in [6.45, 7) is 2.26. The standard InChI is InChI=1S/C19H26F2N2O4.H2S/c20-19(21)5-3-14(4-6-19)13-27-17-9-15(10-22-11-17)23-7-8-26-16(12-23)1-2-18(24)25;/h9-11,14,16H,1-8,12-13H2,(H,24,25);1H2/t16-;/m0./s1. The molecule has 1 saturated heterocycles. The SMILES string of the molecule is O=C(O)CC[C@H]1CN(c2cncc(OCC3CCC(F)(F)CC3)c2)CCO1.S. The maximum absolute atomic E-state index is 13.2. The highest BCUT2D eigenvalue weighted by molar-refractivity contribution is 7.59. The number of aromatic nitrogens is 1. The first kappa shape index (κ1) is 22.7. The second-order valence-electron chi connectivity index (χ2n) is 7.36. The predicted octanol–water partition coefficient (Wildman–Crippen LogP) is 3.47. The van der Waals surface area contributed by atoms with E-state index in [1.54, 1.807) is 12.4 Å². The van der Waals surface area contributed by atoms with E-state index in [1.165, 1.54) is 0 Å². The molecule has 1 aromatic rings. The van der Waals surface area contributed by atoms with Crippen LogP contribution in [0.25, 0.3) is 0 Å². The van der Waals surface area contributed by atoms with Crippen molar-refractivity contribution in [1.29, 1.82) is 0 Å². The van der Waals surface area contributed by atoms with E-state index in [0.29, 0.717) is 51.3 Å². The molecule has 9 heteroatoms. The molecular weight excluding hydrogens is 390 g/mol. The van der Waals surface area contributed by atoms with Gasteiger partial charge in [0.25, 0.3) is 0 Å². The molecule has 2 fully saturated rings. The lowest BCUT2D eigenvalue weighted by Crippen LogP contribution is -2.42. The highest BCUT2D eigenvalue weighted by Crippen LogP contribution is 2.36. The molecule has 1 N–H and O–H groups in total. The molecule has 6 nitrogen and oxygen atoms in total. The van der Waals surface area contributed by atoms with Gasteiger partial charge in [-0.2, -0.15) is 13.5 Å². The maximum atomic E-state index is 13.2. The Morgan fingerprint density at radius 1 is 1.36 bits per heavy atom. The number of alkyl halides is 2. The fourth-order valence-corrected chi connectivity index (χ4v) is 3.55. The van der Waals surface area contributed by atoms with Crippen molar-refractivity contribution in [3.05, 3.63) is 18.5 Å². The second-order valence-corrected chi connectivity index (χ2v) is 7.36. The smallest absolute Gasteiger partial charge is 0.303 e. The summed E-state index contributed by atoms with van der Waals surface area (Å²) in [5.74, 6) is -2.57. The lowest BCUT2D eigenvalue weighted by Gasteiger charge is -2.34. The van der Waals surface area contributed by atoms with Crippen molar-refractivity contribution >= 4 is 25.2 Å². The Morgan fingerprint density at radius 3 is 2.82 bits per heavy atom. The first-order valence-electron chi connectivity index (χ1n) is 9.45. The third kappa shape index (κ3) is 6.77. The minimum atomic E-state index is -2.52. The van der Waals surface area contributed by atoms with Gasteiger partial charge in [-0.15, -0.1) is 0 Å². The molecule has 0 aromatic carbocycles. The van der Waals surface area contributed by atoms with Gasteiger partial charge >= 0.3 is 5.97 Å². The summed E-state index contributed by atoms with van der Waals surface area (Å²) in [5, 5.41) is 8.82. The Labute approximate surface area is 170 Å². The topological polar surface area (TPSA) is 71.9 Å². The Hall–Kier alpha value is -1.61. The number of carboxylic acids is 1. The number of aliphatic carboxylic acids is 1. The van der Waals surface area contributed by atoms with Crippen LogP contribution in [0.5, 0.6) is 5.75 Å². The number of ether oxygens (including phenoxy) is 2. The van der Waals surface area contributed by atoms with Crippen LogP contribution < -0.4 is 9.64 Å². The van der Waals surface area contributed by atoms with Crippen molar-refractivity contribution in [2.75, 3.05) is 31.2 Å². The van der Waals surface area contributed by atoms with Crippen LogP contribution in [0.3, 0.4) is 0 Å². The summed E-state index contributed by atoms with van der Waals surface area (Å²) in [4.78, 5) is 17.1. The second kappa shape index (κ2) is 10.2. The number of carbonyl (C=O) groups is 1. The van der Waals surface area contributed by atoms with E-state index in [1.807, 2.05) is 6.07 Å². The summed E-state index contributed by atoms with van der Waals surface area (Å²) >= 11 is 0. The number of nitrogens with zero attached hydrogens (tertiary/aromatic N) is 2. The Bertz CT molecular complexity index is 640. The van der Waals surface area contributed by atoms with Gasteiger partial charge in [-0.1, -0.05) is 0 Å². The highest BCUT2D eigenvalue weighted by atomic mass is 32.1. The minimum Gasteiger partial charge on any atom is -0.492 e. The molecule has 2 heterocycles. The van der Waals surface area contributed by atoms with E-state index in [9.17, 15) is 13.6 Å². The van der Waals surface area contributed by atoms with Crippen molar-refractivity contribution < 1.29 is 28.2 Å². The van der Waals surface area contributed by atoms with Crippen molar-refractivity contribution in [3.63, 3.8) is 0 Å². The van der Waals surface area contributed by atoms with E-state index >= 15 is 0 Å². The number of anilines is 1. The zero-order valence-electron chi connectivity index (χ0n) is 15.8. The monoisotopic (exact) mass is 418 g/mol. The highest BCUT2D eigenvalue weighted by Gasteiger charge is 2.35. The van der Waals surface area contributed by atoms with Crippen LogP contribution in [-0.4, -0.2) is 54.4 Å². The fraction of sp³-hybridized carbons (Fsp3) is 0.684. The fourth-order valence-electron chi connectivity index (χ4n) is 3.55. The number of carboxylic acid groups (broad SMARTS) is 1. The van der Waals surface area contributed by atoms with Crippen LogP contribution >= 0.6 is 13.5 Å². The zero-order valence-corrected chi connectivity index (χ0v) is 16.8. The first-order chi connectivity index (χ1) is 12.9. The quantitative estimate of drug-likeness (QED) is 0.731. The van der Waals surface area contributed by atoms with Crippen molar-refractivity contribution in [2.24, 2.45) is 5.92 Å². The Kier molecular flexibility index (Phi) is 8.30. The van der Waals surface area contributed by atoms with Gasteiger partial charge in [0, 0.05) is 38.4 Å². The summed E-state index contributed by atoms with van der Waals surface area (Å²) in [7, 11) is 0. The lowest BCUT2D eigenvalue weighted by atomic mass is 9.87. The molecular formula is C19H28F2N2O4S. The molecule has 0 amide bonds. The molecule has 28 heavy (non-hydrogen) atoms. The van der Waals surface area contributed by atoms with Crippen molar-refractivity contribution in [2.45, 2.75) is 50.6 Å². The Morgan fingerprint density at radius 2 is 2.11 bits per heavy atom. The molecule has 158 valence electrons. The van der Waals surface area contributed by atoms with E-state index in [-0.39, 0.29) is 44.8 Å². The molecule has 1 aromatic heterocycles. The van der Waals surface area contributed by atoms with E-state index in [4.69, 9.17) is 14.6 Å². The van der Waals surface area contributed by atoms with Gasteiger partial charge in [0.05, 0.1) is 37.4 Å². The largest absolute Gasteiger partial charge is 0.492 e. The Balaban J connectivity index is 0.00000280. The van der Waals surface area contributed by atoms with Gasteiger partial charge < -0.3 is 19.5 Å². The third-order valence-corrected chi connectivity index (χ3v) is 5.21. The average Bonchev–Trinajstić information content (AvgIpc) is 2.66. The first-order valence-corrected chi connectivity index (χ1v) is 9.45. The van der Waals surface area contributed by atoms with Crippen molar-refractivity contribution in [3.8, 4) is 5.75 Å². The van der Waals surface area contributed by atoms with E-state index in [2.05, 4.69) is 9.88 Å². The third-order valence-electron chi connectivity index (χ3n) is 5.21. The molecule has 0 radical (unpaired) electrons. The predicted molar refractivity (Wildman–Crippen MR) is 106 cm³/mol. The number of morpholine rings is 1. The summed E-state index contributed by atoms with van der Waals surface area (Å²) in [6.07, 6.45) is 4.64. The van der Waals surface area contributed by atoms with Gasteiger partial charge in [0.2, 0.25) is 5.92 Å². The van der Waals surface area contributed by atoms with Gasteiger partial charge in [0.1, 0.15) is 5.75 Å². The summed E-state index contributed by atoms with van der Waals surface area (Å²) in [6, 6.07) is 1.89. The van der Waals surface area contributed by atoms with Crippen LogP contribution in [0, 0.1) is 5.92 Å². The van der Waals surface area contributed by atoms with Crippen LogP contribution in [0.4, 0.5) is 14.5 Å². The molecule has 0 bridgehead atoms. The molecule has 1 atom stereocenters. The van der Waals surface area contributed by atoms with Crippen LogP contribution in [0.1, 0.15) is 38.5 Å². The van der Waals surface area contributed by atoms with E-state index in [0.717, 1.165) is 5.69 Å². The number of halogens is 2. The van der Waals surface area contributed by atoms with E-state index < -0.39 is 11.9 Å². The number of hydrogen-bond donors (Lipinski definition) is 1. The minimum absolute atomic E-state index is 0. The average molecular weight is 419 g/mol. The van der Waals surface area contributed by atoms with Gasteiger partial charge in [-0.3, -0.25) is 9.78 Å². The number of rotatable bonds is 7. The van der Waals surface area contributed by atoms with Gasteiger partial charge in [0.15, 0.2) is 0 Å². The molecule has 3 rings (SSSR count). The van der Waals surface area contributed by atoms with Gasteiger partial charge in [-0.05, 0) is 25.2 Å². The molecule has 0 spiro atoms. The van der Waals surface area contributed by atoms with Crippen LogP contribution in [0.15, 0.2) is 18.5 Å². The zero-order chi connectivity index (χ0) is 19.3. The number of hydrogen-bond acceptors (Lipinski definition) is 5. The molecule has 1 aliphatic carbocycles. The van der Waals surface area contributed by atoms with Crippen LogP contribution in [-0.2, 0) is 9.53 Å². The lowest BCUT2D eigenvalue weighted by molar-refractivity contribution is -0.137. The van der Waals surface area contributed by atoms with Crippen molar-refractivity contribution in [1.82, 2.24) is 4.98 Å². The molecule has 1 aliphatic heterocycles. The van der Waals surface area contributed by atoms with Crippen LogP contribution in [0.2, 0.25) is 0 Å². The van der Waals surface area contributed by atoms with Gasteiger partial charge in [-0.25, -0.2) is 8.78 Å². The molecule has 0 unspecified atom stereocenters. The maximum Gasteiger partial charge on any atom is 0.303 e. The summed E-state index contributed by atoms with van der Waals surface area (Å²) in [5.41, 5.74) is 0.895. The molecule has 2 aliphatic rings. The number of pyridine rings is 1. The normalized spacial score (nSPS) is 22.4. The summed E-state index contributed by atoms with van der Waals surface area (Å²) < 4.78 is 37.9. The molecule has 1 saturated carbocycles.